The van der Waals surface area contributed by atoms with Crippen LogP contribution in [0.1, 0.15) is 51.1 Å². The topological polar surface area (TPSA) is 63.9 Å². The molecular weight excluding hydrogens is 478 g/mol. The monoisotopic (exact) mass is 509 g/mol. The van der Waals surface area contributed by atoms with E-state index in [4.69, 9.17) is 4.74 Å². The zero-order valence-corrected chi connectivity index (χ0v) is 22.4. The van der Waals surface area contributed by atoms with Crippen LogP contribution in [0.4, 0.5) is 5.69 Å². The van der Waals surface area contributed by atoms with Crippen LogP contribution in [-0.4, -0.2) is 30.2 Å². The van der Waals surface area contributed by atoms with Crippen LogP contribution in [0.5, 0.6) is 0 Å². The van der Waals surface area contributed by atoms with Crippen LogP contribution in [0.3, 0.4) is 0 Å². The first-order valence-corrected chi connectivity index (χ1v) is 13.6. The van der Waals surface area contributed by atoms with E-state index in [1.54, 1.807) is 4.57 Å². The number of carbonyl (C=O) groups is 1. The lowest BCUT2D eigenvalue weighted by Crippen LogP contribution is -2.39. The van der Waals surface area contributed by atoms with E-state index in [1.807, 2.05) is 56.5 Å². The standard InChI is InChI=1S/C27H31N3O3S2/c1-6-29(7-2)20-12-10-19(11-13-20)15-22-25(31)30-24(21-9-8-14-34-21)23(18(5)28-27(30)35-22)26(32)33-16-17(3)4/h8-15,17,24H,6-7,16H2,1-5H3. The molecule has 1 aliphatic heterocycles. The Bertz CT molecular complexity index is 1390. The van der Waals surface area contributed by atoms with E-state index in [0.29, 0.717) is 27.2 Å². The second kappa shape index (κ2) is 10.7. The number of benzene rings is 1. The van der Waals surface area contributed by atoms with E-state index in [1.165, 1.54) is 22.7 Å². The maximum atomic E-state index is 13.6. The summed E-state index contributed by atoms with van der Waals surface area (Å²) in [7, 11) is 0. The number of hydrogen-bond donors (Lipinski definition) is 0. The van der Waals surface area contributed by atoms with Crippen LogP contribution in [0.15, 0.2) is 62.8 Å². The summed E-state index contributed by atoms with van der Waals surface area (Å²) in [6.45, 7) is 12.3. The van der Waals surface area contributed by atoms with Crippen molar-refractivity contribution < 1.29 is 9.53 Å². The first-order chi connectivity index (χ1) is 16.8. The minimum Gasteiger partial charge on any atom is -0.462 e. The largest absolute Gasteiger partial charge is 0.462 e. The molecule has 35 heavy (non-hydrogen) atoms. The number of anilines is 1. The lowest BCUT2D eigenvalue weighted by atomic mass is 10.0. The molecule has 0 N–H and O–H groups in total. The number of rotatable bonds is 8. The molecule has 3 heterocycles. The summed E-state index contributed by atoms with van der Waals surface area (Å²) in [5.41, 5.74) is 2.98. The fourth-order valence-electron chi connectivity index (χ4n) is 4.14. The number of carbonyl (C=O) groups excluding carboxylic acids is 1. The van der Waals surface area contributed by atoms with Gasteiger partial charge < -0.3 is 9.64 Å². The molecule has 0 saturated carbocycles. The van der Waals surface area contributed by atoms with Gasteiger partial charge in [-0.05, 0) is 61.9 Å². The van der Waals surface area contributed by atoms with E-state index in [2.05, 4.69) is 35.9 Å². The van der Waals surface area contributed by atoms with E-state index in [9.17, 15) is 9.59 Å². The number of hydrogen-bond acceptors (Lipinski definition) is 7. The highest BCUT2D eigenvalue weighted by Gasteiger charge is 2.34. The van der Waals surface area contributed by atoms with E-state index in [0.717, 1.165) is 29.2 Å². The molecule has 1 aliphatic rings. The number of allylic oxidation sites excluding steroid dienone is 1. The molecule has 3 aromatic rings. The van der Waals surface area contributed by atoms with Gasteiger partial charge in [0.2, 0.25) is 0 Å². The molecule has 0 aliphatic carbocycles. The number of ether oxygens (including phenoxy) is 1. The molecule has 0 spiro atoms. The summed E-state index contributed by atoms with van der Waals surface area (Å²) in [5, 5.41) is 1.95. The fourth-order valence-corrected chi connectivity index (χ4v) is 6.01. The maximum Gasteiger partial charge on any atom is 0.338 e. The normalized spacial score (nSPS) is 15.8. The van der Waals surface area contributed by atoms with Crippen molar-refractivity contribution in [2.24, 2.45) is 10.9 Å². The first kappa shape index (κ1) is 25.1. The lowest BCUT2D eigenvalue weighted by molar-refractivity contribution is -0.140. The molecule has 0 radical (unpaired) electrons. The molecule has 1 atom stereocenters. The summed E-state index contributed by atoms with van der Waals surface area (Å²) in [6.07, 6.45) is 1.90. The number of thiazole rings is 1. The summed E-state index contributed by atoms with van der Waals surface area (Å²) >= 11 is 2.87. The summed E-state index contributed by atoms with van der Waals surface area (Å²) in [4.78, 5) is 35.2. The van der Waals surface area contributed by atoms with Crippen LogP contribution >= 0.6 is 22.7 Å². The Morgan fingerprint density at radius 1 is 1.20 bits per heavy atom. The molecule has 2 aromatic heterocycles. The van der Waals surface area contributed by atoms with Gasteiger partial charge in [-0.2, -0.15) is 0 Å². The Balaban J connectivity index is 1.78. The van der Waals surface area contributed by atoms with E-state index in [-0.39, 0.29) is 11.5 Å². The first-order valence-electron chi connectivity index (χ1n) is 11.9. The SMILES string of the molecule is CCN(CC)c1ccc(C=c2sc3n(c2=O)C(c2cccs2)C(C(=O)OCC(C)C)=C(C)N=3)cc1. The van der Waals surface area contributed by atoms with Crippen molar-refractivity contribution in [3.05, 3.63) is 83.2 Å². The third-order valence-electron chi connectivity index (χ3n) is 5.92. The molecule has 1 unspecified atom stereocenters. The summed E-state index contributed by atoms with van der Waals surface area (Å²) < 4.78 is 7.80. The lowest BCUT2D eigenvalue weighted by Gasteiger charge is -2.23. The minimum absolute atomic E-state index is 0.151. The van der Waals surface area contributed by atoms with Gasteiger partial charge in [0, 0.05) is 23.7 Å². The van der Waals surface area contributed by atoms with Gasteiger partial charge in [-0.3, -0.25) is 9.36 Å². The molecule has 1 aromatic carbocycles. The Morgan fingerprint density at radius 3 is 2.51 bits per heavy atom. The number of aromatic nitrogens is 1. The zero-order chi connectivity index (χ0) is 25.1. The third kappa shape index (κ3) is 5.18. The smallest absolute Gasteiger partial charge is 0.338 e. The Morgan fingerprint density at radius 2 is 1.91 bits per heavy atom. The molecule has 0 bridgehead atoms. The highest BCUT2D eigenvalue weighted by Crippen LogP contribution is 2.33. The Kier molecular flexibility index (Phi) is 7.72. The van der Waals surface area contributed by atoms with Crippen LogP contribution in [-0.2, 0) is 9.53 Å². The van der Waals surface area contributed by atoms with Crippen LogP contribution < -0.4 is 19.8 Å². The average molecular weight is 510 g/mol. The quantitative estimate of drug-likeness (QED) is 0.424. The average Bonchev–Trinajstić information content (AvgIpc) is 3.47. The third-order valence-corrected chi connectivity index (χ3v) is 7.83. The van der Waals surface area contributed by atoms with Crippen molar-refractivity contribution in [1.82, 2.24) is 4.57 Å². The van der Waals surface area contributed by atoms with Crippen LogP contribution in [0, 0.1) is 5.92 Å². The van der Waals surface area contributed by atoms with Gasteiger partial charge in [0.05, 0.1) is 22.4 Å². The molecule has 184 valence electrons. The minimum atomic E-state index is -0.543. The highest BCUT2D eigenvalue weighted by molar-refractivity contribution is 7.10. The van der Waals surface area contributed by atoms with Gasteiger partial charge in [0.15, 0.2) is 4.80 Å². The van der Waals surface area contributed by atoms with Crippen molar-refractivity contribution in [2.45, 2.75) is 40.7 Å². The van der Waals surface area contributed by atoms with Gasteiger partial charge in [-0.25, -0.2) is 9.79 Å². The predicted molar refractivity (Wildman–Crippen MR) is 144 cm³/mol. The van der Waals surface area contributed by atoms with Crippen molar-refractivity contribution in [3.63, 3.8) is 0 Å². The molecular formula is C27H31N3O3S2. The summed E-state index contributed by atoms with van der Waals surface area (Å²) in [5.74, 6) is -0.200. The van der Waals surface area contributed by atoms with Gasteiger partial charge in [-0.1, -0.05) is 43.4 Å². The summed E-state index contributed by atoms with van der Waals surface area (Å²) in [6, 6.07) is 11.6. The van der Waals surface area contributed by atoms with Crippen LogP contribution in [0.25, 0.3) is 6.08 Å². The molecule has 0 saturated heterocycles. The molecule has 4 rings (SSSR count). The van der Waals surface area contributed by atoms with Crippen molar-refractivity contribution in [2.75, 3.05) is 24.6 Å². The van der Waals surface area contributed by atoms with Gasteiger partial charge in [-0.15, -0.1) is 11.3 Å². The van der Waals surface area contributed by atoms with Crippen molar-refractivity contribution in [1.29, 1.82) is 0 Å². The maximum absolute atomic E-state index is 13.6. The number of esters is 1. The second-order valence-electron chi connectivity index (χ2n) is 8.85. The van der Waals surface area contributed by atoms with Crippen molar-refractivity contribution >= 4 is 40.4 Å². The van der Waals surface area contributed by atoms with Gasteiger partial charge >= 0.3 is 5.97 Å². The molecule has 8 heteroatoms. The number of fused-ring (bicyclic) bond motifs is 1. The van der Waals surface area contributed by atoms with Crippen molar-refractivity contribution in [3.8, 4) is 0 Å². The fraction of sp³-hybridized carbons (Fsp3) is 0.370. The predicted octanol–water partition coefficient (Wildman–Crippen LogP) is 4.34. The molecule has 6 nitrogen and oxygen atoms in total. The Labute approximate surface area is 213 Å². The van der Waals surface area contributed by atoms with E-state index >= 15 is 0 Å². The number of thiophene rings is 1. The van der Waals surface area contributed by atoms with Crippen LogP contribution in [0.2, 0.25) is 0 Å². The zero-order valence-electron chi connectivity index (χ0n) is 20.8. The number of nitrogens with zero attached hydrogens (tertiary/aromatic N) is 3. The van der Waals surface area contributed by atoms with E-state index < -0.39 is 12.0 Å². The highest BCUT2D eigenvalue weighted by atomic mass is 32.1. The van der Waals surface area contributed by atoms with Gasteiger partial charge in [0.25, 0.3) is 5.56 Å². The second-order valence-corrected chi connectivity index (χ2v) is 10.8. The molecule has 0 amide bonds. The Hall–Kier alpha value is -2.97. The van der Waals surface area contributed by atoms with Gasteiger partial charge in [0.1, 0.15) is 6.04 Å². The molecule has 0 fully saturated rings.